The molecule has 1 aliphatic rings. The second kappa shape index (κ2) is 6.15. The Kier molecular flexibility index (Phi) is 4.55. The molecule has 0 aliphatic heterocycles. The van der Waals surface area contributed by atoms with Crippen LogP contribution in [0.2, 0.25) is 0 Å². The molecule has 0 amide bonds. The van der Waals surface area contributed by atoms with Gasteiger partial charge in [-0.15, -0.1) is 0 Å². The Morgan fingerprint density at radius 1 is 1.29 bits per heavy atom. The Morgan fingerprint density at radius 2 is 2.12 bits per heavy atom. The summed E-state index contributed by atoms with van der Waals surface area (Å²) in [7, 11) is 0. The van der Waals surface area contributed by atoms with Gasteiger partial charge in [-0.05, 0) is 36.5 Å². The van der Waals surface area contributed by atoms with Gasteiger partial charge in [0.1, 0.15) is 5.82 Å². The van der Waals surface area contributed by atoms with E-state index in [-0.39, 0.29) is 5.82 Å². The third-order valence-electron chi connectivity index (χ3n) is 3.89. The molecule has 2 atom stereocenters. The van der Waals surface area contributed by atoms with Crippen molar-refractivity contribution in [2.45, 2.75) is 51.6 Å². The minimum atomic E-state index is -0.139. The number of halogens is 1. The maximum atomic E-state index is 13.0. The lowest BCUT2D eigenvalue weighted by molar-refractivity contribution is 0.254. The number of nitrogens with one attached hydrogen (secondary N) is 1. The summed E-state index contributed by atoms with van der Waals surface area (Å²) in [6.07, 6.45) is 6.57. The highest BCUT2D eigenvalue weighted by molar-refractivity contribution is 5.16. The van der Waals surface area contributed by atoms with Crippen LogP contribution in [-0.4, -0.2) is 6.04 Å². The van der Waals surface area contributed by atoms with Gasteiger partial charge in [0.15, 0.2) is 0 Å². The van der Waals surface area contributed by atoms with Gasteiger partial charge in [-0.25, -0.2) is 4.39 Å². The van der Waals surface area contributed by atoms with Gasteiger partial charge in [0.2, 0.25) is 0 Å². The Bertz CT molecular complexity index is 351. The monoisotopic (exact) mass is 235 g/mol. The van der Waals surface area contributed by atoms with Crippen LogP contribution in [0.5, 0.6) is 0 Å². The van der Waals surface area contributed by atoms with E-state index in [1.165, 1.54) is 38.2 Å². The fourth-order valence-electron chi connectivity index (χ4n) is 2.86. The van der Waals surface area contributed by atoms with Crippen LogP contribution >= 0.6 is 0 Å². The SMILES string of the molecule is CCC1CCCCC1NCc1cccc(F)c1. The van der Waals surface area contributed by atoms with Crippen molar-refractivity contribution in [2.24, 2.45) is 5.92 Å². The fourth-order valence-corrected chi connectivity index (χ4v) is 2.86. The molecule has 2 rings (SSSR count). The first-order valence-electron chi connectivity index (χ1n) is 6.77. The lowest BCUT2D eigenvalue weighted by atomic mass is 9.83. The molecule has 0 bridgehead atoms. The maximum Gasteiger partial charge on any atom is 0.123 e. The summed E-state index contributed by atoms with van der Waals surface area (Å²) in [6, 6.07) is 7.51. The zero-order valence-electron chi connectivity index (χ0n) is 10.6. The second-order valence-corrected chi connectivity index (χ2v) is 5.07. The van der Waals surface area contributed by atoms with Gasteiger partial charge in [0.25, 0.3) is 0 Å². The number of benzene rings is 1. The average Bonchev–Trinajstić information content (AvgIpc) is 2.37. The summed E-state index contributed by atoms with van der Waals surface area (Å²) in [6.45, 7) is 3.06. The van der Waals surface area contributed by atoms with Crippen molar-refractivity contribution in [1.82, 2.24) is 5.32 Å². The van der Waals surface area contributed by atoms with Crippen molar-refractivity contribution in [3.63, 3.8) is 0 Å². The van der Waals surface area contributed by atoms with Crippen molar-refractivity contribution in [3.8, 4) is 0 Å². The van der Waals surface area contributed by atoms with E-state index in [1.54, 1.807) is 12.1 Å². The standard InChI is InChI=1S/C15H22FN/c1-2-13-7-3-4-9-15(13)17-11-12-6-5-8-14(16)10-12/h5-6,8,10,13,15,17H,2-4,7,9,11H2,1H3. The topological polar surface area (TPSA) is 12.0 Å². The molecule has 1 aromatic carbocycles. The molecule has 0 aromatic heterocycles. The van der Waals surface area contributed by atoms with E-state index in [4.69, 9.17) is 0 Å². The maximum absolute atomic E-state index is 13.0. The molecule has 0 spiro atoms. The fraction of sp³-hybridized carbons (Fsp3) is 0.600. The van der Waals surface area contributed by atoms with Crippen LogP contribution in [0.4, 0.5) is 4.39 Å². The van der Waals surface area contributed by atoms with E-state index >= 15 is 0 Å². The predicted molar refractivity (Wildman–Crippen MR) is 69.3 cm³/mol. The first-order valence-corrected chi connectivity index (χ1v) is 6.77. The highest BCUT2D eigenvalue weighted by atomic mass is 19.1. The molecule has 17 heavy (non-hydrogen) atoms. The van der Waals surface area contributed by atoms with E-state index in [0.29, 0.717) is 6.04 Å². The van der Waals surface area contributed by atoms with Crippen LogP contribution in [-0.2, 0) is 6.54 Å². The highest BCUT2D eigenvalue weighted by Crippen LogP contribution is 2.26. The van der Waals surface area contributed by atoms with Crippen LogP contribution in [0.3, 0.4) is 0 Å². The molecule has 2 unspecified atom stereocenters. The Labute approximate surface area is 103 Å². The van der Waals surface area contributed by atoms with Crippen molar-refractivity contribution in [1.29, 1.82) is 0 Å². The second-order valence-electron chi connectivity index (χ2n) is 5.07. The molecule has 1 nitrogen and oxygen atoms in total. The molecular formula is C15H22FN. The van der Waals surface area contributed by atoms with Gasteiger partial charge in [0, 0.05) is 12.6 Å². The molecule has 1 N–H and O–H groups in total. The van der Waals surface area contributed by atoms with Gasteiger partial charge < -0.3 is 5.32 Å². The van der Waals surface area contributed by atoms with Gasteiger partial charge in [-0.2, -0.15) is 0 Å². The summed E-state index contributed by atoms with van der Waals surface area (Å²) in [5.41, 5.74) is 1.05. The van der Waals surface area contributed by atoms with Gasteiger partial charge >= 0.3 is 0 Å². The summed E-state index contributed by atoms with van der Waals surface area (Å²) in [5.74, 6) is 0.664. The average molecular weight is 235 g/mol. The zero-order chi connectivity index (χ0) is 12.1. The third kappa shape index (κ3) is 3.53. The van der Waals surface area contributed by atoms with Crippen molar-refractivity contribution < 1.29 is 4.39 Å². The van der Waals surface area contributed by atoms with E-state index in [9.17, 15) is 4.39 Å². The van der Waals surface area contributed by atoms with Crippen LogP contribution in [0.15, 0.2) is 24.3 Å². The molecule has 1 aromatic rings. The number of hydrogen-bond acceptors (Lipinski definition) is 1. The van der Waals surface area contributed by atoms with Gasteiger partial charge in [-0.1, -0.05) is 38.3 Å². The number of hydrogen-bond donors (Lipinski definition) is 1. The van der Waals surface area contributed by atoms with Crippen molar-refractivity contribution in [3.05, 3.63) is 35.6 Å². The van der Waals surface area contributed by atoms with Crippen LogP contribution in [0.1, 0.15) is 44.6 Å². The summed E-state index contributed by atoms with van der Waals surface area (Å²) < 4.78 is 13.0. The van der Waals surface area contributed by atoms with Gasteiger partial charge in [0.05, 0.1) is 0 Å². The molecule has 0 radical (unpaired) electrons. The normalized spacial score (nSPS) is 24.8. The van der Waals surface area contributed by atoms with E-state index in [1.807, 2.05) is 6.07 Å². The summed E-state index contributed by atoms with van der Waals surface area (Å²) >= 11 is 0. The summed E-state index contributed by atoms with van der Waals surface area (Å²) in [5, 5.41) is 3.60. The van der Waals surface area contributed by atoms with Crippen LogP contribution in [0, 0.1) is 11.7 Å². The van der Waals surface area contributed by atoms with Gasteiger partial charge in [-0.3, -0.25) is 0 Å². The quantitative estimate of drug-likeness (QED) is 0.835. The lowest BCUT2D eigenvalue weighted by Gasteiger charge is -2.31. The smallest absolute Gasteiger partial charge is 0.123 e. The Morgan fingerprint density at radius 3 is 2.88 bits per heavy atom. The third-order valence-corrected chi connectivity index (χ3v) is 3.89. The Balaban J connectivity index is 1.88. The first-order chi connectivity index (χ1) is 8.29. The predicted octanol–water partition coefficient (Wildman–Crippen LogP) is 3.88. The van der Waals surface area contributed by atoms with Crippen LogP contribution < -0.4 is 5.32 Å². The molecule has 0 heterocycles. The molecule has 2 heteroatoms. The molecule has 1 aliphatic carbocycles. The zero-order valence-corrected chi connectivity index (χ0v) is 10.6. The number of rotatable bonds is 4. The van der Waals surface area contributed by atoms with E-state index < -0.39 is 0 Å². The first kappa shape index (κ1) is 12.6. The van der Waals surface area contributed by atoms with Crippen molar-refractivity contribution in [2.75, 3.05) is 0 Å². The van der Waals surface area contributed by atoms with E-state index in [0.717, 1.165) is 18.0 Å². The largest absolute Gasteiger partial charge is 0.310 e. The summed E-state index contributed by atoms with van der Waals surface area (Å²) in [4.78, 5) is 0. The Hall–Kier alpha value is -0.890. The molecule has 0 saturated heterocycles. The molecular weight excluding hydrogens is 213 g/mol. The molecule has 1 saturated carbocycles. The van der Waals surface area contributed by atoms with Crippen LogP contribution in [0.25, 0.3) is 0 Å². The molecule has 1 fully saturated rings. The minimum Gasteiger partial charge on any atom is -0.310 e. The molecule has 94 valence electrons. The highest BCUT2D eigenvalue weighted by Gasteiger charge is 2.22. The van der Waals surface area contributed by atoms with E-state index in [2.05, 4.69) is 12.2 Å². The van der Waals surface area contributed by atoms with Crippen molar-refractivity contribution >= 4 is 0 Å². The lowest BCUT2D eigenvalue weighted by Crippen LogP contribution is -2.37. The minimum absolute atomic E-state index is 0.139.